The van der Waals surface area contributed by atoms with Gasteiger partial charge >= 0.3 is 0 Å². The Bertz CT molecular complexity index is 440. The van der Waals surface area contributed by atoms with Crippen LogP contribution in [0.4, 0.5) is 4.39 Å². The van der Waals surface area contributed by atoms with Crippen LogP contribution in [0.5, 0.6) is 0 Å². The minimum Gasteiger partial charge on any atom is -0.355 e. The molecule has 1 N–H and O–H groups in total. The highest BCUT2D eigenvalue weighted by atomic mass is 19.1. The lowest BCUT2D eigenvalue weighted by molar-refractivity contribution is 0.628. The largest absolute Gasteiger partial charge is 0.355 e. The number of H-pyrrole nitrogens is 1. The van der Waals surface area contributed by atoms with E-state index in [1.165, 1.54) is 12.1 Å². The Labute approximate surface area is 81.9 Å². The molecule has 0 aliphatic rings. The molecule has 0 aliphatic carbocycles. The monoisotopic (exact) mass is 187 g/mol. The first-order valence-electron chi connectivity index (χ1n) is 4.37. The summed E-state index contributed by atoms with van der Waals surface area (Å²) in [6.07, 6.45) is 1.74. The SMILES string of the molecule is C=Cc1ccc(-c2ccc(F)cc2)[nH]1. The molecule has 1 aromatic heterocycles. The van der Waals surface area contributed by atoms with E-state index in [0.717, 1.165) is 17.0 Å². The number of aromatic nitrogens is 1. The van der Waals surface area contributed by atoms with Crippen LogP contribution >= 0.6 is 0 Å². The van der Waals surface area contributed by atoms with Crippen molar-refractivity contribution in [2.24, 2.45) is 0 Å². The third-order valence-corrected chi connectivity index (χ3v) is 2.08. The molecule has 0 saturated heterocycles. The lowest BCUT2D eigenvalue weighted by Crippen LogP contribution is -1.78. The Morgan fingerprint density at radius 1 is 1.07 bits per heavy atom. The molecule has 0 atom stereocenters. The summed E-state index contributed by atoms with van der Waals surface area (Å²) >= 11 is 0. The van der Waals surface area contributed by atoms with Gasteiger partial charge in [0.05, 0.1) is 0 Å². The molecular weight excluding hydrogens is 177 g/mol. The van der Waals surface area contributed by atoms with Crippen molar-refractivity contribution in [1.29, 1.82) is 0 Å². The maximum absolute atomic E-state index is 12.6. The van der Waals surface area contributed by atoms with Crippen molar-refractivity contribution in [3.63, 3.8) is 0 Å². The Balaban J connectivity index is 2.39. The van der Waals surface area contributed by atoms with E-state index in [-0.39, 0.29) is 5.82 Å². The molecule has 2 aromatic rings. The normalized spacial score (nSPS) is 10.1. The summed E-state index contributed by atoms with van der Waals surface area (Å²) in [7, 11) is 0. The molecule has 0 amide bonds. The van der Waals surface area contributed by atoms with Crippen molar-refractivity contribution in [3.05, 3.63) is 54.5 Å². The summed E-state index contributed by atoms with van der Waals surface area (Å²) in [5.41, 5.74) is 2.91. The van der Waals surface area contributed by atoms with Crippen molar-refractivity contribution >= 4 is 6.08 Å². The summed E-state index contributed by atoms with van der Waals surface area (Å²) in [6, 6.07) is 10.3. The highest BCUT2D eigenvalue weighted by molar-refractivity contribution is 5.62. The van der Waals surface area contributed by atoms with Gasteiger partial charge in [0.1, 0.15) is 5.82 Å². The standard InChI is InChI=1S/C12H10FN/c1-2-11-7-8-12(14-11)9-3-5-10(13)6-4-9/h2-8,14H,1H2. The number of hydrogen-bond acceptors (Lipinski definition) is 0. The first-order valence-corrected chi connectivity index (χ1v) is 4.37. The lowest BCUT2D eigenvalue weighted by atomic mass is 10.1. The third-order valence-electron chi connectivity index (χ3n) is 2.08. The van der Waals surface area contributed by atoms with Gasteiger partial charge in [-0.05, 0) is 48.0 Å². The van der Waals surface area contributed by atoms with E-state index in [1.807, 2.05) is 12.1 Å². The Morgan fingerprint density at radius 3 is 2.36 bits per heavy atom. The third kappa shape index (κ3) is 1.59. The number of nitrogens with one attached hydrogen (secondary N) is 1. The second kappa shape index (κ2) is 3.50. The molecule has 0 bridgehead atoms. The molecule has 14 heavy (non-hydrogen) atoms. The predicted molar refractivity (Wildman–Crippen MR) is 56.3 cm³/mol. The Hall–Kier alpha value is -1.83. The van der Waals surface area contributed by atoms with Crippen molar-refractivity contribution in [2.45, 2.75) is 0 Å². The highest BCUT2D eigenvalue weighted by Crippen LogP contribution is 2.18. The molecule has 0 spiro atoms. The van der Waals surface area contributed by atoms with Crippen LogP contribution < -0.4 is 0 Å². The summed E-state index contributed by atoms with van der Waals surface area (Å²) in [4.78, 5) is 3.16. The molecule has 0 aliphatic heterocycles. The van der Waals surface area contributed by atoms with Gasteiger partial charge in [0.15, 0.2) is 0 Å². The Morgan fingerprint density at radius 2 is 1.79 bits per heavy atom. The van der Waals surface area contributed by atoms with Gasteiger partial charge in [0, 0.05) is 11.4 Å². The predicted octanol–water partition coefficient (Wildman–Crippen LogP) is 3.46. The van der Waals surface area contributed by atoms with Crippen LogP contribution in [0, 0.1) is 5.82 Å². The fourth-order valence-electron chi connectivity index (χ4n) is 1.33. The van der Waals surface area contributed by atoms with Crippen LogP contribution in [0.25, 0.3) is 17.3 Å². The maximum atomic E-state index is 12.6. The van der Waals surface area contributed by atoms with E-state index in [1.54, 1.807) is 18.2 Å². The van der Waals surface area contributed by atoms with Crippen molar-refractivity contribution < 1.29 is 4.39 Å². The van der Waals surface area contributed by atoms with E-state index >= 15 is 0 Å². The lowest BCUT2D eigenvalue weighted by Gasteiger charge is -1.96. The van der Waals surface area contributed by atoms with Crippen molar-refractivity contribution in [1.82, 2.24) is 4.98 Å². The molecule has 1 aromatic carbocycles. The minimum atomic E-state index is -0.218. The van der Waals surface area contributed by atoms with Gasteiger partial charge in [0.2, 0.25) is 0 Å². The van der Waals surface area contributed by atoms with Crippen molar-refractivity contribution in [3.8, 4) is 11.3 Å². The average Bonchev–Trinajstić information content (AvgIpc) is 2.67. The van der Waals surface area contributed by atoms with Crippen LogP contribution in [0.2, 0.25) is 0 Å². The molecule has 0 unspecified atom stereocenters. The van der Waals surface area contributed by atoms with E-state index in [9.17, 15) is 4.39 Å². The fraction of sp³-hybridized carbons (Fsp3) is 0. The zero-order valence-electron chi connectivity index (χ0n) is 7.63. The molecule has 70 valence electrons. The maximum Gasteiger partial charge on any atom is 0.123 e. The van der Waals surface area contributed by atoms with Gasteiger partial charge in [-0.1, -0.05) is 6.58 Å². The van der Waals surface area contributed by atoms with Crippen LogP contribution in [0.1, 0.15) is 5.69 Å². The molecule has 2 heteroatoms. The molecule has 2 rings (SSSR count). The van der Waals surface area contributed by atoms with E-state index in [4.69, 9.17) is 0 Å². The molecule has 0 saturated carbocycles. The van der Waals surface area contributed by atoms with Gasteiger partial charge in [-0.25, -0.2) is 4.39 Å². The van der Waals surface area contributed by atoms with Crippen LogP contribution in [-0.4, -0.2) is 4.98 Å². The van der Waals surface area contributed by atoms with Gasteiger partial charge in [0.25, 0.3) is 0 Å². The Kier molecular flexibility index (Phi) is 2.19. The molecule has 0 radical (unpaired) electrons. The quantitative estimate of drug-likeness (QED) is 0.741. The van der Waals surface area contributed by atoms with E-state index in [2.05, 4.69) is 11.6 Å². The number of halogens is 1. The molecule has 1 heterocycles. The minimum absolute atomic E-state index is 0.218. The van der Waals surface area contributed by atoms with Crippen LogP contribution in [-0.2, 0) is 0 Å². The van der Waals surface area contributed by atoms with Gasteiger partial charge in [-0.2, -0.15) is 0 Å². The summed E-state index contributed by atoms with van der Waals surface area (Å²) in [5, 5.41) is 0. The molecular formula is C12H10FN. The number of benzene rings is 1. The van der Waals surface area contributed by atoms with Gasteiger partial charge < -0.3 is 4.98 Å². The summed E-state index contributed by atoms with van der Waals surface area (Å²) in [5.74, 6) is -0.218. The van der Waals surface area contributed by atoms with E-state index in [0.29, 0.717) is 0 Å². The second-order valence-corrected chi connectivity index (χ2v) is 3.04. The topological polar surface area (TPSA) is 15.8 Å². The van der Waals surface area contributed by atoms with Gasteiger partial charge in [-0.3, -0.25) is 0 Å². The summed E-state index contributed by atoms with van der Waals surface area (Å²) in [6.45, 7) is 3.66. The molecule has 1 nitrogen and oxygen atoms in total. The smallest absolute Gasteiger partial charge is 0.123 e. The average molecular weight is 187 g/mol. The number of aromatic amines is 1. The fourth-order valence-corrected chi connectivity index (χ4v) is 1.33. The zero-order chi connectivity index (χ0) is 9.97. The van der Waals surface area contributed by atoms with Crippen LogP contribution in [0.3, 0.4) is 0 Å². The first kappa shape index (κ1) is 8.75. The molecule has 0 fully saturated rings. The van der Waals surface area contributed by atoms with Crippen molar-refractivity contribution in [2.75, 3.05) is 0 Å². The highest BCUT2D eigenvalue weighted by Gasteiger charge is 1.99. The van der Waals surface area contributed by atoms with E-state index < -0.39 is 0 Å². The van der Waals surface area contributed by atoms with Crippen LogP contribution in [0.15, 0.2) is 43.0 Å². The van der Waals surface area contributed by atoms with Gasteiger partial charge in [-0.15, -0.1) is 0 Å². The zero-order valence-corrected chi connectivity index (χ0v) is 7.63. The second-order valence-electron chi connectivity index (χ2n) is 3.04. The number of rotatable bonds is 2. The first-order chi connectivity index (χ1) is 6.79. The number of hydrogen-bond donors (Lipinski definition) is 1. The summed E-state index contributed by atoms with van der Waals surface area (Å²) < 4.78 is 12.6.